The summed E-state index contributed by atoms with van der Waals surface area (Å²) in [4.78, 5) is 0. The van der Waals surface area contributed by atoms with Gasteiger partial charge < -0.3 is 9.52 Å². The van der Waals surface area contributed by atoms with Crippen molar-refractivity contribution >= 4 is 37.3 Å². The second kappa shape index (κ2) is 6.40. The molecule has 2 N–H and O–H groups in total. The number of rotatable bonds is 6. The fourth-order valence-corrected chi connectivity index (χ4v) is 5.08. The Morgan fingerprint density at radius 3 is 2.70 bits per heavy atom. The first-order valence-electron chi connectivity index (χ1n) is 5.86. The lowest BCUT2D eigenvalue weighted by molar-refractivity contribution is 0.234. The van der Waals surface area contributed by atoms with Crippen LogP contribution in [-0.4, -0.2) is 26.2 Å². The van der Waals surface area contributed by atoms with Crippen LogP contribution in [0.25, 0.3) is 0 Å². The molecule has 0 spiro atoms. The van der Waals surface area contributed by atoms with E-state index in [-0.39, 0.29) is 16.7 Å². The minimum atomic E-state index is -3.65. The highest BCUT2D eigenvalue weighted by Crippen LogP contribution is 2.27. The quantitative estimate of drug-likeness (QED) is 0.807. The summed E-state index contributed by atoms with van der Waals surface area (Å²) in [5, 5.41) is 9.44. The number of hydrogen-bond donors (Lipinski definition) is 2. The molecule has 0 saturated heterocycles. The SMILES string of the molecule is CC(c1ccco1)C(CO)NS(=O)(=O)c1ccc(Br)s1. The van der Waals surface area contributed by atoms with Gasteiger partial charge in [-0.25, -0.2) is 13.1 Å². The van der Waals surface area contributed by atoms with Gasteiger partial charge in [0.05, 0.1) is 22.7 Å². The van der Waals surface area contributed by atoms with Crippen molar-refractivity contribution in [3.63, 3.8) is 0 Å². The van der Waals surface area contributed by atoms with Gasteiger partial charge >= 0.3 is 0 Å². The third-order valence-corrected chi connectivity index (χ3v) is 6.52. The van der Waals surface area contributed by atoms with Crippen molar-refractivity contribution in [1.29, 1.82) is 0 Å². The maximum Gasteiger partial charge on any atom is 0.250 e. The first kappa shape index (κ1) is 15.7. The van der Waals surface area contributed by atoms with Crippen LogP contribution in [0.4, 0.5) is 0 Å². The van der Waals surface area contributed by atoms with Crippen LogP contribution in [0, 0.1) is 0 Å². The fourth-order valence-electron chi connectivity index (χ4n) is 1.75. The van der Waals surface area contributed by atoms with E-state index in [0.29, 0.717) is 5.76 Å². The van der Waals surface area contributed by atoms with Crippen molar-refractivity contribution < 1.29 is 17.9 Å². The standard InChI is InChI=1S/C12H14BrNO4S2/c1-8(10-3-2-6-18-10)9(7-15)14-20(16,17)12-5-4-11(13)19-12/h2-6,8-9,14-15H,7H2,1H3. The average molecular weight is 380 g/mol. The molecule has 110 valence electrons. The Morgan fingerprint density at radius 1 is 1.45 bits per heavy atom. The fraction of sp³-hybridized carbons (Fsp3) is 0.333. The Balaban J connectivity index is 2.18. The molecule has 0 fully saturated rings. The van der Waals surface area contributed by atoms with E-state index in [9.17, 15) is 13.5 Å². The Labute approximate surface area is 129 Å². The first-order valence-corrected chi connectivity index (χ1v) is 8.95. The molecule has 0 bridgehead atoms. The number of halogens is 1. The summed E-state index contributed by atoms with van der Waals surface area (Å²) in [7, 11) is -3.65. The van der Waals surface area contributed by atoms with Crippen LogP contribution in [0.2, 0.25) is 0 Å². The zero-order valence-electron chi connectivity index (χ0n) is 10.6. The van der Waals surface area contributed by atoms with Crippen molar-refractivity contribution in [1.82, 2.24) is 4.72 Å². The lowest BCUT2D eigenvalue weighted by Crippen LogP contribution is -2.40. The largest absolute Gasteiger partial charge is 0.469 e. The number of aliphatic hydroxyl groups is 1. The molecule has 8 heteroatoms. The summed E-state index contributed by atoms with van der Waals surface area (Å²) in [6.07, 6.45) is 1.52. The zero-order valence-corrected chi connectivity index (χ0v) is 13.8. The molecule has 2 aromatic rings. The van der Waals surface area contributed by atoms with Gasteiger partial charge in [-0.1, -0.05) is 6.92 Å². The molecule has 2 heterocycles. The van der Waals surface area contributed by atoms with Gasteiger partial charge in [-0.3, -0.25) is 0 Å². The first-order chi connectivity index (χ1) is 9.44. The highest BCUT2D eigenvalue weighted by Gasteiger charge is 2.27. The number of furan rings is 1. The van der Waals surface area contributed by atoms with E-state index < -0.39 is 16.1 Å². The summed E-state index contributed by atoms with van der Waals surface area (Å²) >= 11 is 4.35. The Bertz CT molecular complexity index is 651. The summed E-state index contributed by atoms with van der Waals surface area (Å²) < 4.78 is 33.2. The minimum Gasteiger partial charge on any atom is -0.469 e. The molecule has 0 aromatic carbocycles. The number of thiophene rings is 1. The minimum absolute atomic E-state index is 0.203. The monoisotopic (exact) mass is 379 g/mol. The van der Waals surface area contributed by atoms with Crippen LogP contribution in [0.5, 0.6) is 0 Å². The molecule has 5 nitrogen and oxygen atoms in total. The van der Waals surface area contributed by atoms with Gasteiger partial charge in [0.25, 0.3) is 0 Å². The Kier molecular flexibility index (Phi) is 5.03. The van der Waals surface area contributed by atoms with Gasteiger partial charge in [-0.05, 0) is 40.2 Å². The van der Waals surface area contributed by atoms with Crippen LogP contribution >= 0.6 is 27.3 Å². The molecular formula is C12H14BrNO4S2. The molecule has 0 saturated carbocycles. The van der Waals surface area contributed by atoms with E-state index >= 15 is 0 Å². The molecule has 0 aliphatic carbocycles. The number of hydrogen-bond acceptors (Lipinski definition) is 5. The molecule has 0 aliphatic rings. The summed E-state index contributed by atoms with van der Waals surface area (Å²) in [5.74, 6) is 0.354. The lowest BCUT2D eigenvalue weighted by Gasteiger charge is -2.21. The Hall–Kier alpha value is -0.670. The Morgan fingerprint density at radius 2 is 2.20 bits per heavy atom. The van der Waals surface area contributed by atoms with E-state index in [0.717, 1.165) is 15.1 Å². The third kappa shape index (κ3) is 3.50. The number of aliphatic hydroxyl groups excluding tert-OH is 1. The van der Waals surface area contributed by atoms with E-state index in [1.54, 1.807) is 25.1 Å². The van der Waals surface area contributed by atoms with Crippen molar-refractivity contribution in [2.75, 3.05) is 6.61 Å². The number of sulfonamides is 1. The van der Waals surface area contributed by atoms with Crippen molar-refractivity contribution in [2.24, 2.45) is 0 Å². The van der Waals surface area contributed by atoms with Crippen LogP contribution in [0.3, 0.4) is 0 Å². The van der Waals surface area contributed by atoms with Crippen LogP contribution < -0.4 is 4.72 Å². The molecule has 0 radical (unpaired) electrons. The molecule has 0 amide bonds. The molecule has 2 unspecified atom stereocenters. The molecular weight excluding hydrogens is 366 g/mol. The van der Waals surface area contributed by atoms with E-state index in [1.807, 2.05) is 0 Å². The van der Waals surface area contributed by atoms with Crippen molar-refractivity contribution in [2.45, 2.75) is 23.1 Å². The van der Waals surface area contributed by atoms with E-state index in [4.69, 9.17) is 4.42 Å². The van der Waals surface area contributed by atoms with E-state index in [2.05, 4.69) is 20.7 Å². The van der Waals surface area contributed by atoms with E-state index in [1.165, 1.54) is 12.3 Å². The van der Waals surface area contributed by atoms with Gasteiger partial charge in [-0.2, -0.15) is 0 Å². The van der Waals surface area contributed by atoms with Gasteiger partial charge in [0.15, 0.2) is 0 Å². The van der Waals surface area contributed by atoms with Gasteiger partial charge in [0.1, 0.15) is 9.97 Å². The predicted octanol–water partition coefficient (Wildman–Crippen LogP) is 2.55. The maximum atomic E-state index is 12.2. The lowest BCUT2D eigenvalue weighted by atomic mass is 10.0. The predicted molar refractivity (Wildman–Crippen MR) is 80.3 cm³/mol. The van der Waals surface area contributed by atoms with Gasteiger partial charge in [0.2, 0.25) is 10.0 Å². The molecule has 2 atom stereocenters. The van der Waals surface area contributed by atoms with Gasteiger partial charge in [0, 0.05) is 5.92 Å². The van der Waals surface area contributed by atoms with Crippen molar-refractivity contribution in [3.05, 3.63) is 40.1 Å². The highest BCUT2D eigenvalue weighted by molar-refractivity contribution is 9.11. The molecule has 2 aromatic heterocycles. The van der Waals surface area contributed by atoms with Crippen LogP contribution in [0.15, 0.2) is 42.9 Å². The van der Waals surface area contributed by atoms with Crippen LogP contribution in [-0.2, 0) is 10.0 Å². The van der Waals surface area contributed by atoms with Crippen LogP contribution in [0.1, 0.15) is 18.6 Å². The van der Waals surface area contributed by atoms with Gasteiger partial charge in [-0.15, -0.1) is 11.3 Å². The topological polar surface area (TPSA) is 79.5 Å². The third-order valence-electron chi connectivity index (χ3n) is 2.91. The molecule has 0 aliphatic heterocycles. The normalized spacial score (nSPS) is 15.2. The molecule has 20 heavy (non-hydrogen) atoms. The maximum absolute atomic E-state index is 12.2. The summed E-state index contributed by atoms with van der Waals surface area (Å²) in [6.45, 7) is 1.49. The average Bonchev–Trinajstić information content (AvgIpc) is 3.06. The zero-order chi connectivity index (χ0) is 14.8. The summed E-state index contributed by atoms with van der Waals surface area (Å²) in [6, 6.07) is 6.02. The second-order valence-electron chi connectivity index (χ2n) is 4.27. The highest BCUT2D eigenvalue weighted by atomic mass is 79.9. The second-order valence-corrected chi connectivity index (χ2v) is 8.68. The number of nitrogens with one attached hydrogen (secondary N) is 1. The smallest absolute Gasteiger partial charge is 0.250 e. The summed E-state index contributed by atoms with van der Waals surface area (Å²) in [5.41, 5.74) is 0. The molecule has 2 rings (SSSR count). The van der Waals surface area contributed by atoms with Crippen molar-refractivity contribution in [3.8, 4) is 0 Å².